The second-order valence-corrected chi connectivity index (χ2v) is 10.8. The number of fused-ring (bicyclic) bond motifs is 2. The lowest BCUT2D eigenvalue weighted by atomic mass is 9.80. The van der Waals surface area contributed by atoms with E-state index in [9.17, 15) is 23.6 Å². The molecule has 0 bridgehead atoms. The summed E-state index contributed by atoms with van der Waals surface area (Å²) in [6, 6.07) is 9.81. The van der Waals surface area contributed by atoms with Crippen LogP contribution in [0.15, 0.2) is 48.5 Å². The third-order valence-electron chi connectivity index (χ3n) is 6.81. The number of hydrogen-bond acceptors (Lipinski definition) is 4. The van der Waals surface area contributed by atoms with E-state index in [0.717, 1.165) is 17.0 Å². The average molecular weight is 523 g/mol. The molecule has 2 aliphatic heterocycles. The molecular formula is C28H30FN5O4. The van der Waals surface area contributed by atoms with E-state index in [1.165, 1.54) is 12.1 Å². The van der Waals surface area contributed by atoms with E-state index in [4.69, 9.17) is 10.7 Å². The third kappa shape index (κ3) is 4.96. The smallest absolute Gasteiger partial charge is 0.313 e. The van der Waals surface area contributed by atoms with Crippen LogP contribution in [0, 0.1) is 17.8 Å². The van der Waals surface area contributed by atoms with Crippen LogP contribution in [-0.2, 0) is 24.6 Å². The minimum atomic E-state index is -3.22. The van der Waals surface area contributed by atoms with Gasteiger partial charge in [-0.15, -0.1) is 0 Å². The largest absolute Gasteiger partial charge is 0.325 e. The number of hydrogen-bond donors (Lipinski definition) is 2. The van der Waals surface area contributed by atoms with Gasteiger partial charge in [-0.05, 0) is 47.7 Å². The van der Waals surface area contributed by atoms with Gasteiger partial charge >= 0.3 is 18.0 Å². The Morgan fingerprint density at radius 3 is 2.58 bits per heavy atom. The van der Waals surface area contributed by atoms with E-state index >= 15 is 0 Å². The van der Waals surface area contributed by atoms with E-state index in [-0.39, 0.29) is 35.9 Å². The normalized spacial score (nSPS) is 22.4. The summed E-state index contributed by atoms with van der Waals surface area (Å²) in [5.74, 6) is -4.63. The molecule has 1 saturated heterocycles. The zero-order valence-electron chi connectivity index (χ0n) is 24.2. The van der Waals surface area contributed by atoms with E-state index < -0.39 is 53.6 Å². The summed E-state index contributed by atoms with van der Waals surface area (Å²) < 4.78 is 37.7. The van der Waals surface area contributed by atoms with Gasteiger partial charge in [-0.2, -0.15) is 0 Å². The van der Waals surface area contributed by atoms with Crippen molar-refractivity contribution in [2.45, 2.75) is 51.2 Å². The fourth-order valence-corrected chi connectivity index (χ4v) is 4.99. The minimum absolute atomic E-state index is 0.0138. The summed E-state index contributed by atoms with van der Waals surface area (Å²) in [6.07, 6.45) is -1.28. The van der Waals surface area contributed by atoms with Gasteiger partial charge in [-0.3, -0.25) is 28.9 Å². The van der Waals surface area contributed by atoms with Crippen LogP contribution in [-0.4, -0.2) is 59.2 Å². The lowest BCUT2D eigenvalue weighted by Gasteiger charge is -2.34. The summed E-state index contributed by atoms with van der Waals surface area (Å²) in [5.41, 5.74) is -0.667. The maximum Gasteiger partial charge on any atom is 0.313 e. The van der Waals surface area contributed by atoms with Crippen molar-refractivity contribution in [3.05, 3.63) is 71.3 Å². The number of nitrogens with one attached hydrogen (secondary N) is 2. The van der Waals surface area contributed by atoms with Crippen LogP contribution in [0.2, 0.25) is 0 Å². The molecule has 0 aliphatic carbocycles. The van der Waals surface area contributed by atoms with Crippen molar-refractivity contribution < 1.29 is 27.7 Å². The van der Waals surface area contributed by atoms with Gasteiger partial charge in [0.05, 0.1) is 6.42 Å². The number of para-hydroxylation sites is 1. The van der Waals surface area contributed by atoms with Crippen molar-refractivity contribution in [1.29, 1.82) is 0 Å². The maximum absolute atomic E-state index is 14.2. The molecule has 0 aromatic heterocycles. The van der Waals surface area contributed by atoms with Crippen LogP contribution >= 0.6 is 0 Å². The van der Waals surface area contributed by atoms with Crippen LogP contribution in [0.25, 0.3) is 4.85 Å². The number of anilines is 2. The van der Waals surface area contributed by atoms with Crippen molar-refractivity contribution in [2.24, 2.45) is 5.41 Å². The zero-order chi connectivity index (χ0) is 30.3. The van der Waals surface area contributed by atoms with E-state index in [1.807, 2.05) is 0 Å². The van der Waals surface area contributed by atoms with Gasteiger partial charge in [0, 0.05) is 29.0 Å². The topological polar surface area (TPSA) is 103 Å². The molecule has 0 saturated carbocycles. The molecule has 2 aromatic rings. The van der Waals surface area contributed by atoms with Crippen LogP contribution in [0.4, 0.5) is 15.8 Å². The fourth-order valence-electron chi connectivity index (χ4n) is 4.99. The molecule has 2 aromatic carbocycles. The third-order valence-corrected chi connectivity index (χ3v) is 6.81. The van der Waals surface area contributed by atoms with E-state index in [0.29, 0.717) is 11.3 Å². The molecule has 3 atom stereocenters. The Morgan fingerprint density at radius 1 is 1.26 bits per heavy atom. The van der Waals surface area contributed by atoms with Crippen LogP contribution < -0.4 is 10.6 Å². The van der Waals surface area contributed by atoms with E-state index in [1.54, 1.807) is 45.0 Å². The molecule has 10 heteroatoms. The number of likely N-dealkylation sites (N-methyl/N-ethyl adjacent to an activating group) is 1. The lowest BCUT2D eigenvalue weighted by Crippen LogP contribution is -2.54. The van der Waals surface area contributed by atoms with E-state index in [2.05, 4.69) is 15.5 Å². The molecule has 1 fully saturated rings. The van der Waals surface area contributed by atoms with Crippen molar-refractivity contribution in [1.82, 2.24) is 9.80 Å². The minimum Gasteiger partial charge on any atom is -0.325 e. The number of carbonyl (C=O) groups excluding carboxylic acids is 4. The van der Waals surface area contributed by atoms with Gasteiger partial charge < -0.3 is 15.5 Å². The van der Waals surface area contributed by atoms with Gasteiger partial charge in [0.2, 0.25) is 5.91 Å². The van der Waals surface area contributed by atoms with Crippen LogP contribution in [0.1, 0.15) is 43.3 Å². The highest BCUT2D eigenvalue weighted by Gasteiger charge is 2.59. The second-order valence-electron chi connectivity index (χ2n) is 10.8. The molecule has 9 nitrogen and oxygen atoms in total. The number of nitrogens with zero attached hydrogens (tertiary/aromatic N) is 3. The molecule has 2 heterocycles. The fraction of sp³-hybridized carbons (Fsp3) is 0.393. The first-order valence-corrected chi connectivity index (χ1v) is 12.1. The second kappa shape index (κ2) is 9.89. The molecule has 1 spiro atoms. The SMILES string of the molecule is [2H]C([2H])([2H])N(C(=O)C(=O)Nc1ccc(F)cc1)[C@@H](CC(C)(C)C)C(=O)N1C[C@]2(C[C@H]1[N+]#[C-])C(=O)Nc1ccccc12. The van der Waals surface area contributed by atoms with Gasteiger partial charge in [0.1, 0.15) is 17.3 Å². The average Bonchev–Trinajstić information content (AvgIpc) is 3.41. The Kier molecular flexibility index (Phi) is 5.96. The summed E-state index contributed by atoms with van der Waals surface area (Å²) in [4.78, 5) is 58.7. The highest BCUT2D eigenvalue weighted by atomic mass is 19.1. The highest BCUT2D eigenvalue weighted by molar-refractivity contribution is 6.39. The Hall–Kier alpha value is -4.26. The standard InChI is InChI=1S/C28H30FN5O4/c1-27(2,3)14-21(33(5)25(37)23(35)31-18-12-10-17(29)11-13-18)24(36)34-16-28(15-22(34)30-4)19-8-6-7-9-20(19)32-26(28)38/h6-13,21-22H,14-16H2,1-3,5H3,(H,31,35)(H,32,38)/t21-,22-,28-/m0/s1/i5D3. The summed E-state index contributed by atoms with van der Waals surface area (Å²) in [7, 11) is 0. The predicted molar refractivity (Wildman–Crippen MR) is 139 cm³/mol. The molecule has 4 rings (SSSR count). The maximum atomic E-state index is 14.2. The summed E-state index contributed by atoms with van der Waals surface area (Å²) >= 11 is 0. The van der Waals surface area contributed by atoms with Crippen molar-refractivity contribution in [3.8, 4) is 0 Å². The molecular weight excluding hydrogens is 489 g/mol. The Labute approximate surface area is 225 Å². The zero-order valence-corrected chi connectivity index (χ0v) is 21.2. The number of carbonyl (C=O) groups is 4. The van der Waals surface area contributed by atoms with Gasteiger partial charge in [-0.1, -0.05) is 39.0 Å². The van der Waals surface area contributed by atoms with Crippen LogP contribution in [0.5, 0.6) is 0 Å². The van der Waals surface area contributed by atoms with Gasteiger partial charge in [-0.25, -0.2) is 11.0 Å². The molecule has 198 valence electrons. The van der Waals surface area contributed by atoms with Crippen molar-refractivity contribution in [2.75, 3.05) is 24.2 Å². The molecule has 38 heavy (non-hydrogen) atoms. The predicted octanol–water partition coefficient (Wildman–Crippen LogP) is 3.40. The summed E-state index contributed by atoms with van der Waals surface area (Å²) in [6.45, 7) is 9.59. The molecule has 2 aliphatic rings. The quantitative estimate of drug-likeness (QED) is 0.475. The van der Waals surface area contributed by atoms with Gasteiger partial charge in [0.15, 0.2) is 0 Å². The van der Waals surface area contributed by atoms with Crippen LogP contribution in [0.3, 0.4) is 0 Å². The number of halogens is 1. The van der Waals surface area contributed by atoms with Crippen molar-refractivity contribution >= 4 is 35.0 Å². The van der Waals surface area contributed by atoms with Crippen molar-refractivity contribution in [3.63, 3.8) is 0 Å². The lowest BCUT2D eigenvalue weighted by molar-refractivity contribution is -0.150. The molecule has 0 unspecified atom stereocenters. The summed E-state index contributed by atoms with van der Waals surface area (Å²) in [5, 5.41) is 5.05. The van der Waals surface area contributed by atoms with Gasteiger partial charge in [0.25, 0.3) is 5.91 Å². The Balaban J connectivity index is 1.71. The Morgan fingerprint density at radius 2 is 1.95 bits per heavy atom. The molecule has 4 amide bonds. The first kappa shape index (κ1) is 22.9. The first-order valence-electron chi connectivity index (χ1n) is 13.6. The highest BCUT2D eigenvalue weighted by Crippen LogP contribution is 2.47. The molecule has 2 N–H and O–H groups in total. The monoisotopic (exact) mass is 522 g/mol. The number of likely N-dealkylation sites (tertiary alicyclic amines) is 1. The number of rotatable bonds is 4. The Bertz CT molecular complexity index is 1430. The first-order chi connectivity index (χ1) is 19.1. The number of amides is 4. The molecule has 0 radical (unpaired) electrons. The number of benzene rings is 2.